The van der Waals surface area contributed by atoms with Crippen LogP contribution in [0, 0.1) is 0 Å². The maximum absolute atomic E-state index is 12.9. The highest BCUT2D eigenvalue weighted by molar-refractivity contribution is 5.93. The van der Waals surface area contributed by atoms with E-state index in [2.05, 4.69) is 10.4 Å². The molecule has 20 heavy (non-hydrogen) atoms. The summed E-state index contributed by atoms with van der Waals surface area (Å²) in [5, 5.41) is 6.36. The van der Waals surface area contributed by atoms with E-state index in [4.69, 9.17) is 4.42 Å². The zero-order valence-electron chi connectivity index (χ0n) is 10.1. The van der Waals surface area contributed by atoms with Crippen LogP contribution in [0.15, 0.2) is 29.0 Å². The van der Waals surface area contributed by atoms with Crippen molar-refractivity contribution in [3.8, 4) is 0 Å². The van der Waals surface area contributed by atoms with Crippen LogP contribution in [0.1, 0.15) is 23.7 Å². The Hall–Kier alpha value is -2.25. The molecule has 1 amide bonds. The number of carbonyl (C=O) groups is 1. The van der Waals surface area contributed by atoms with Crippen molar-refractivity contribution in [2.24, 2.45) is 0 Å². The summed E-state index contributed by atoms with van der Waals surface area (Å²) in [6.45, 7) is 0.160. The second kappa shape index (κ2) is 4.39. The quantitative estimate of drug-likeness (QED) is 0.922. The first-order chi connectivity index (χ1) is 9.45. The summed E-state index contributed by atoms with van der Waals surface area (Å²) in [5.74, 6) is -1.85. The summed E-state index contributed by atoms with van der Waals surface area (Å²) < 4.78 is 45.3. The van der Waals surface area contributed by atoms with Crippen LogP contribution >= 0.6 is 0 Å². The average molecular weight is 285 g/mol. The van der Waals surface area contributed by atoms with Gasteiger partial charge in [0, 0.05) is 12.0 Å². The topological polar surface area (TPSA) is 60.1 Å². The monoisotopic (exact) mass is 285 g/mol. The first-order valence-corrected chi connectivity index (χ1v) is 5.90. The standard InChI is InChI=1S/C12H10F3N3O2/c13-12(14,15)9-4-10(19)17-11-8(9)5-16-18(11)6-7-2-1-3-20-7/h1-3,5,9H,4,6H2,(H,17,19)/t9-/m1/s1. The molecule has 0 saturated carbocycles. The van der Waals surface area contributed by atoms with Crippen molar-refractivity contribution in [1.29, 1.82) is 0 Å². The molecule has 0 radical (unpaired) electrons. The van der Waals surface area contributed by atoms with E-state index in [0.29, 0.717) is 5.76 Å². The van der Waals surface area contributed by atoms with Crippen molar-refractivity contribution < 1.29 is 22.4 Å². The fourth-order valence-electron chi connectivity index (χ4n) is 2.23. The van der Waals surface area contributed by atoms with Crippen LogP contribution < -0.4 is 5.32 Å². The van der Waals surface area contributed by atoms with Crippen molar-refractivity contribution >= 4 is 11.7 Å². The second-order valence-electron chi connectivity index (χ2n) is 4.53. The van der Waals surface area contributed by atoms with E-state index in [0.717, 1.165) is 6.20 Å². The van der Waals surface area contributed by atoms with Crippen LogP contribution in [-0.4, -0.2) is 21.9 Å². The van der Waals surface area contributed by atoms with Gasteiger partial charge in [-0.1, -0.05) is 0 Å². The van der Waals surface area contributed by atoms with Gasteiger partial charge >= 0.3 is 6.18 Å². The molecule has 106 valence electrons. The lowest BCUT2D eigenvalue weighted by molar-refractivity contribution is -0.156. The van der Waals surface area contributed by atoms with Crippen LogP contribution in [0.3, 0.4) is 0 Å². The normalized spacial score (nSPS) is 18.8. The van der Waals surface area contributed by atoms with E-state index < -0.39 is 24.4 Å². The molecule has 0 unspecified atom stereocenters. The van der Waals surface area contributed by atoms with E-state index in [9.17, 15) is 18.0 Å². The SMILES string of the molecule is O=C1C[C@@H](C(F)(F)F)c2cnn(Cc3ccco3)c2N1. The van der Waals surface area contributed by atoms with Crippen LogP contribution in [0.4, 0.5) is 19.0 Å². The number of furan rings is 1. The molecule has 0 aliphatic carbocycles. The third kappa shape index (κ3) is 2.17. The third-order valence-corrected chi connectivity index (χ3v) is 3.17. The molecular formula is C12H10F3N3O2. The second-order valence-corrected chi connectivity index (χ2v) is 4.53. The molecule has 0 saturated heterocycles. The summed E-state index contributed by atoms with van der Waals surface area (Å²) in [5.41, 5.74) is -0.0105. The van der Waals surface area contributed by atoms with Gasteiger partial charge in [-0.05, 0) is 12.1 Å². The smallest absolute Gasteiger partial charge is 0.396 e. The Morgan fingerprint density at radius 1 is 1.50 bits per heavy atom. The molecule has 2 aromatic rings. The first-order valence-electron chi connectivity index (χ1n) is 5.90. The Morgan fingerprint density at radius 3 is 2.95 bits per heavy atom. The number of hydrogen-bond donors (Lipinski definition) is 1. The number of hydrogen-bond acceptors (Lipinski definition) is 3. The molecular weight excluding hydrogens is 275 g/mol. The van der Waals surface area contributed by atoms with Gasteiger partial charge in [-0.15, -0.1) is 0 Å². The van der Waals surface area contributed by atoms with Gasteiger partial charge in [0.25, 0.3) is 0 Å². The lowest BCUT2D eigenvalue weighted by atomic mass is 9.94. The number of nitrogens with one attached hydrogen (secondary N) is 1. The van der Waals surface area contributed by atoms with Crippen LogP contribution in [0.2, 0.25) is 0 Å². The highest BCUT2D eigenvalue weighted by atomic mass is 19.4. The Balaban J connectivity index is 1.97. The minimum atomic E-state index is -4.47. The molecule has 1 N–H and O–H groups in total. The van der Waals surface area contributed by atoms with Gasteiger partial charge in [-0.3, -0.25) is 4.79 Å². The predicted octanol–water partition coefficient (Wildman–Crippen LogP) is 2.51. The molecule has 0 fully saturated rings. The van der Waals surface area contributed by atoms with Crippen LogP contribution in [0.5, 0.6) is 0 Å². The highest BCUT2D eigenvalue weighted by Gasteiger charge is 2.46. The number of aromatic nitrogens is 2. The number of fused-ring (bicyclic) bond motifs is 1. The fraction of sp³-hybridized carbons (Fsp3) is 0.333. The molecule has 0 bridgehead atoms. The summed E-state index contributed by atoms with van der Waals surface area (Å²) in [6.07, 6.45) is -2.47. The van der Waals surface area contributed by atoms with E-state index in [1.165, 1.54) is 10.9 Å². The maximum atomic E-state index is 12.9. The van der Waals surface area contributed by atoms with Crippen molar-refractivity contribution in [3.05, 3.63) is 35.9 Å². The van der Waals surface area contributed by atoms with E-state index in [-0.39, 0.29) is 17.9 Å². The molecule has 5 nitrogen and oxygen atoms in total. The lowest BCUT2D eigenvalue weighted by Gasteiger charge is -2.25. The summed E-state index contributed by atoms with van der Waals surface area (Å²) in [7, 11) is 0. The van der Waals surface area contributed by atoms with Crippen LogP contribution in [0.25, 0.3) is 0 Å². The number of anilines is 1. The van der Waals surface area contributed by atoms with Crippen molar-refractivity contribution in [2.45, 2.75) is 25.1 Å². The minimum absolute atomic E-state index is 0.0105. The van der Waals surface area contributed by atoms with Gasteiger partial charge in [0.15, 0.2) is 0 Å². The van der Waals surface area contributed by atoms with Gasteiger partial charge in [0.2, 0.25) is 5.91 Å². The van der Waals surface area contributed by atoms with Gasteiger partial charge in [-0.2, -0.15) is 18.3 Å². The summed E-state index contributed by atoms with van der Waals surface area (Å²) in [6, 6.07) is 3.35. The van der Waals surface area contributed by atoms with Gasteiger partial charge in [0.05, 0.1) is 18.4 Å². The zero-order valence-corrected chi connectivity index (χ0v) is 10.1. The number of alkyl halides is 3. The number of carbonyl (C=O) groups excluding carboxylic acids is 1. The summed E-state index contributed by atoms with van der Waals surface area (Å²) >= 11 is 0. The Labute approximate surface area is 111 Å². The van der Waals surface area contributed by atoms with Gasteiger partial charge < -0.3 is 9.73 Å². The third-order valence-electron chi connectivity index (χ3n) is 3.17. The van der Waals surface area contributed by atoms with Crippen molar-refractivity contribution in [1.82, 2.24) is 9.78 Å². The van der Waals surface area contributed by atoms with Crippen LogP contribution in [-0.2, 0) is 11.3 Å². The largest absolute Gasteiger partial charge is 0.467 e. The van der Waals surface area contributed by atoms with E-state index in [1.807, 2.05) is 0 Å². The van der Waals surface area contributed by atoms with E-state index in [1.54, 1.807) is 12.1 Å². The fourth-order valence-corrected chi connectivity index (χ4v) is 2.23. The number of halogens is 3. The van der Waals surface area contributed by atoms with Crippen molar-refractivity contribution in [3.63, 3.8) is 0 Å². The maximum Gasteiger partial charge on any atom is 0.396 e. The zero-order chi connectivity index (χ0) is 14.3. The van der Waals surface area contributed by atoms with Crippen molar-refractivity contribution in [2.75, 3.05) is 5.32 Å². The molecule has 0 aromatic carbocycles. The lowest BCUT2D eigenvalue weighted by Crippen LogP contribution is -2.32. The van der Waals surface area contributed by atoms with E-state index >= 15 is 0 Å². The predicted molar refractivity (Wildman–Crippen MR) is 62.1 cm³/mol. The number of nitrogens with zero attached hydrogens (tertiary/aromatic N) is 2. The average Bonchev–Trinajstić information content (AvgIpc) is 2.98. The number of amides is 1. The first kappa shape index (κ1) is 12.8. The molecule has 1 aliphatic rings. The van der Waals surface area contributed by atoms with Gasteiger partial charge in [0.1, 0.15) is 18.1 Å². The molecule has 1 aliphatic heterocycles. The molecule has 8 heteroatoms. The Morgan fingerprint density at radius 2 is 2.30 bits per heavy atom. The molecule has 3 heterocycles. The molecule has 1 atom stereocenters. The Kier molecular flexibility index (Phi) is 2.81. The molecule has 0 spiro atoms. The highest BCUT2D eigenvalue weighted by Crippen LogP contribution is 2.43. The molecule has 3 rings (SSSR count). The minimum Gasteiger partial charge on any atom is -0.467 e. The Bertz CT molecular complexity index is 631. The summed E-state index contributed by atoms with van der Waals surface area (Å²) in [4.78, 5) is 11.5. The van der Waals surface area contributed by atoms with Gasteiger partial charge in [-0.25, -0.2) is 4.68 Å². The molecule has 2 aromatic heterocycles. The number of rotatable bonds is 2.